The first-order valence-electron chi connectivity index (χ1n) is 6.16. The number of rotatable bonds is 6. The van der Waals surface area contributed by atoms with E-state index in [4.69, 9.17) is 13.9 Å². The van der Waals surface area contributed by atoms with E-state index in [1.165, 1.54) is 20.3 Å². The maximum atomic E-state index is 11.3. The Balaban J connectivity index is 2.35. The third kappa shape index (κ3) is 3.79. The van der Waals surface area contributed by atoms with Crippen molar-refractivity contribution < 1.29 is 23.8 Å². The minimum Gasteiger partial charge on any atom is -0.544 e. The molecule has 2 rings (SSSR count). The maximum Gasteiger partial charge on any atom is 0.281 e. The van der Waals surface area contributed by atoms with Gasteiger partial charge in [0.2, 0.25) is 5.89 Å². The normalized spacial score (nSPS) is 11.3. The predicted molar refractivity (Wildman–Crippen MR) is 77.4 cm³/mol. The number of methoxy groups -OCH3 is 2. The Kier molecular flexibility index (Phi) is 5.05. The summed E-state index contributed by atoms with van der Waals surface area (Å²) in [7, 11) is 3.02. The Bertz CT molecular complexity index is 711. The van der Waals surface area contributed by atoms with Crippen LogP contribution in [0.1, 0.15) is 11.5 Å². The van der Waals surface area contributed by atoms with Crippen molar-refractivity contribution in [3.63, 3.8) is 0 Å². The van der Waals surface area contributed by atoms with Crippen molar-refractivity contribution in [1.29, 1.82) is 0 Å². The van der Waals surface area contributed by atoms with Gasteiger partial charge in [-0.1, -0.05) is 0 Å². The highest BCUT2D eigenvalue weighted by atomic mass is 32.2. The molecule has 0 N–H and O–H groups in total. The van der Waals surface area contributed by atoms with Gasteiger partial charge in [-0.3, -0.25) is 0 Å². The van der Waals surface area contributed by atoms with Gasteiger partial charge in [0.1, 0.15) is 11.5 Å². The first kappa shape index (κ1) is 15.9. The first-order chi connectivity index (χ1) is 10.5. The number of hydrogen-bond acceptors (Lipinski definition) is 8. The number of hydrogen-bond donors (Lipinski definition) is 0. The van der Waals surface area contributed by atoms with Crippen molar-refractivity contribution >= 4 is 23.8 Å². The van der Waals surface area contributed by atoms with Crippen LogP contribution < -0.4 is 14.6 Å². The molecule has 2 aromatic rings. The highest BCUT2D eigenvalue weighted by Crippen LogP contribution is 2.31. The molecule has 1 heterocycles. The molecule has 8 heteroatoms. The number of carbonyl (C=O) groups excluding carboxylic acids is 1. The molecular formula is C14H13N2O5S-. The van der Waals surface area contributed by atoms with Crippen molar-refractivity contribution in [2.24, 2.45) is 0 Å². The Morgan fingerprint density at radius 1 is 1.32 bits per heavy atom. The van der Waals surface area contributed by atoms with Gasteiger partial charge in [-0.05, 0) is 30.0 Å². The molecule has 1 aromatic heterocycles. The Morgan fingerprint density at radius 3 is 2.64 bits per heavy atom. The Labute approximate surface area is 130 Å². The highest BCUT2D eigenvalue weighted by Gasteiger charge is 2.11. The van der Waals surface area contributed by atoms with Gasteiger partial charge in [-0.25, -0.2) is 0 Å². The van der Waals surface area contributed by atoms with E-state index < -0.39 is 5.97 Å². The van der Waals surface area contributed by atoms with E-state index in [1.807, 2.05) is 0 Å². The molecular weight excluding hydrogens is 308 g/mol. The molecule has 0 saturated heterocycles. The van der Waals surface area contributed by atoms with E-state index in [1.54, 1.807) is 25.1 Å². The van der Waals surface area contributed by atoms with Crippen LogP contribution in [0, 0.1) is 6.92 Å². The van der Waals surface area contributed by atoms with Crippen LogP contribution in [0.3, 0.4) is 0 Å². The number of carboxylic acid groups (broad SMARTS) is 1. The molecule has 0 unspecified atom stereocenters. The molecule has 0 amide bonds. The van der Waals surface area contributed by atoms with Crippen LogP contribution in [-0.2, 0) is 4.79 Å². The second-order valence-corrected chi connectivity index (χ2v) is 5.09. The number of ether oxygens (including phenoxy) is 2. The van der Waals surface area contributed by atoms with Gasteiger partial charge in [-0.2, -0.15) is 0 Å². The van der Waals surface area contributed by atoms with Gasteiger partial charge in [-0.15, -0.1) is 10.2 Å². The summed E-state index contributed by atoms with van der Waals surface area (Å²) in [6.45, 7) is 1.62. The molecule has 0 spiro atoms. The van der Waals surface area contributed by atoms with E-state index in [9.17, 15) is 9.90 Å². The van der Waals surface area contributed by atoms with Crippen molar-refractivity contribution in [2.45, 2.75) is 12.1 Å². The third-order valence-corrected chi connectivity index (χ3v) is 3.48. The Hall–Kier alpha value is -2.48. The summed E-state index contributed by atoms with van der Waals surface area (Å²) in [5.41, 5.74) is 0.561. The summed E-state index contributed by atoms with van der Waals surface area (Å²) in [6.07, 6.45) is 1.41. The lowest BCUT2D eigenvalue weighted by molar-refractivity contribution is -0.298. The van der Waals surface area contributed by atoms with Crippen LogP contribution in [0.4, 0.5) is 0 Å². The summed E-state index contributed by atoms with van der Waals surface area (Å²) < 4.78 is 15.5. The van der Waals surface area contributed by atoms with E-state index >= 15 is 0 Å². The van der Waals surface area contributed by atoms with Crippen LogP contribution in [0.25, 0.3) is 6.08 Å². The van der Waals surface area contributed by atoms with E-state index in [2.05, 4.69) is 10.2 Å². The average molecular weight is 321 g/mol. The number of aryl methyl sites for hydroxylation is 1. The molecule has 0 bridgehead atoms. The zero-order chi connectivity index (χ0) is 16.1. The fourth-order valence-corrected chi connectivity index (χ4v) is 2.32. The smallest absolute Gasteiger partial charge is 0.281 e. The van der Waals surface area contributed by atoms with Crippen molar-refractivity contribution in [3.05, 3.63) is 34.6 Å². The lowest BCUT2D eigenvalue weighted by Crippen LogP contribution is -2.23. The van der Waals surface area contributed by atoms with E-state index in [0.717, 1.165) is 11.8 Å². The standard InChI is InChI=1S/C14H14N2O5S/c1-8-15-16-14(21-8)22-12(13(17)18)6-9-4-5-10(19-2)7-11(9)20-3/h4-7H,1-3H3,(H,17,18)/p-1/b12-6-. The molecule has 0 saturated carbocycles. The number of aromatic nitrogens is 2. The van der Waals surface area contributed by atoms with Crippen LogP contribution in [-0.4, -0.2) is 30.4 Å². The molecule has 1 aromatic carbocycles. The summed E-state index contributed by atoms with van der Waals surface area (Å²) in [4.78, 5) is 11.2. The Morgan fingerprint density at radius 2 is 2.09 bits per heavy atom. The van der Waals surface area contributed by atoms with Crippen LogP contribution >= 0.6 is 11.8 Å². The van der Waals surface area contributed by atoms with E-state index in [-0.39, 0.29) is 10.1 Å². The quantitative estimate of drug-likeness (QED) is 0.579. The lowest BCUT2D eigenvalue weighted by atomic mass is 10.1. The second-order valence-electron chi connectivity index (χ2n) is 4.09. The minimum atomic E-state index is -1.35. The van der Waals surface area contributed by atoms with Crippen molar-refractivity contribution in [3.8, 4) is 11.5 Å². The number of aliphatic carboxylic acids is 1. The maximum absolute atomic E-state index is 11.3. The van der Waals surface area contributed by atoms with Crippen LogP contribution in [0.5, 0.6) is 11.5 Å². The number of nitrogens with zero attached hydrogens (tertiary/aromatic N) is 2. The van der Waals surface area contributed by atoms with Gasteiger partial charge >= 0.3 is 0 Å². The van der Waals surface area contributed by atoms with Gasteiger partial charge < -0.3 is 23.8 Å². The molecule has 0 aliphatic rings. The predicted octanol–water partition coefficient (Wildman–Crippen LogP) is 1.28. The average Bonchev–Trinajstić information content (AvgIpc) is 2.92. The van der Waals surface area contributed by atoms with Gasteiger partial charge in [0.15, 0.2) is 0 Å². The third-order valence-electron chi connectivity index (χ3n) is 2.63. The van der Waals surface area contributed by atoms with Gasteiger partial charge in [0, 0.05) is 23.5 Å². The van der Waals surface area contributed by atoms with Crippen molar-refractivity contribution in [2.75, 3.05) is 14.2 Å². The largest absolute Gasteiger partial charge is 0.544 e. The molecule has 0 radical (unpaired) electrons. The summed E-state index contributed by atoms with van der Waals surface area (Å²) in [5, 5.41) is 18.8. The molecule has 0 aliphatic heterocycles. The first-order valence-corrected chi connectivity index (χ1v) is 6.98. The molecule has 22 heavy (non-hydrogen) atoms. The summed E-state index contributed by atoms with van der Waals surface area (Å²) >= 11 is 0.814. The zero-order valence-corrected chi connectivity index (χ0v) is 13.0. The minimum absolute atomic E-state index is 0.0767. The number of carboxylic acids is 1. The molecule has 7 nitrogen and oxygen atoms in total. The monoisotopic (exact) mass is 321 g/mol. The van der Waals surface area contributed by atoms with Crippen molar-refractivity contribution in [1.82, 2.24) is 10.2 Å². The van der Waals surface area contributed by atoms with Crippen LogP contribution in [0.2, 0.25) is 0 Å². The summed E-state index contributed by atoms with van der Waals surface area (Å²) in [5.74, 6) is 0.0746. The second kappa shape index (κ2) is 6.99. The van der Waals surface area contributed by atoms with Gasteiger partial charge in [0.25, 0.3) is 5.22 Å². The highest BCUT2D eigenvalue weighted by molar-refractivity contribution is 8.03. The number of thioether (sulfide) groups is 1. The molecule has 0 aliphatic carbocycles. The van der Waals surface area contributed by atoms with E-state index in [0.29, 0.717) is 23.0 Å². The lowest BCUT2D eigenvalue weighted by Gasteiger charge is -2.10. The fraction of sp³-hybridized carbons (Fsp3) is 0.214. The summed E-state index contributed by atoms with van der Waals surface area (Å²) in [6, 6.07) is 5.03. The molecule has 0 fully saturated rings. The zero-order valence-electron chi connectivity index (χ0n) is 12.2. The molecule has 116 valence electrons. The van der Waals surface area contributed by atoms with Gasteiger partial charge in [0.05, 0.1) is 20.2 Å². The SMILES string of the molecule is COc1ccc(/C=C(\Sc2nnc(C)o2)C(=O)[O-])c(OC)c1. The topological polar surface area (TPSA) is 97.5 Å². The van der Waals surface area contributed by atoms with Crippen LogP contribution in [0.15, 0.2) is 32.7 Å². The number of carbonyl (C=O) groups is 1. The molecule has 0 atom stereocenters. The fourth-order valence-electron chi connectivity index (χ4n) is 1.62. The number of benzene rings is 1.